The molecule has 0 saturated heterocycles. The van der Waals surface area contributed by atoms with Crippen LogP contribution in [-0.4, -0.2) is 12.0 Å². The van der Waals surface area contributed by atoms with E-state index in [4.69, 9.17) is 5.11 Å². The second-order valence-corrected chi connectivity index (χ2v) is 1.24. The third kappa shape index (κ3) is 1.57. The highest BCUT2D eigenvalue weighted by molar-refractivity contribution is 5.04. The molecule has 0 aliphatic rings. The van der Waals surface area contributed by atoms with Gasteiger partial charge in [-0.1, -0.05) is 0 Å². The molecule has 0 saturated carbocycles. The lowest BCUT2D eigenvalue weighted by molar-refractivity contribution is -0.332. The molecule has 0 fully saturated rings. The first-order valence-corrected chi connectivity index (χ1v) is 1.75. The van der Waals surface area contributed by atoms with E-state index in [1.54, 1.807) is 0 Å². The first kappa shape index (κ1) is 8.24. The smallest absolute Gasteiger partial charge is 0.182 e. The normalized spacial score (nSPS) is 12.9. The first-order valence-electron chi connectivity index (χ1n) is 1.75. The maximum absolute atomic E-state index is 11.4. The summed E-state index contributed by atoms with van der Waals surface area (Å²) in [7, 11) is 0. The van der Waals surface area contributed by atoms with Crippen molar-refractivity contribution >= 4 is 0 Å². The molecule has 0 atom stereocenters. The summed E-state index contributed by atoms with van der Waals surface area (Å²) in [5.41, 5.74) is 0. The molecule has 0 aromatic rings. The average molecular weight is 141 g/mol. The van der Waals surface area contributed by atoms with Gasteiger partial charge in [0, 0.05) is 0 Å². The van der Waals surface area contributed by atoms with Gasteiger partial charge in [-0.05, 0) is 5.92 Å². The van der Waals surface area contributed by atoms with E-state index in [2.05, 4.69) is 6.42 Å². The molecule has 0 heterocycles. The number of alkyl halides is 4. The van der Waals surface area contributed by atoms with Gasteiger partial charge in [0.2, 0.25) is 0 Å². The minimum absolute atomic E-state index is 0.385. The Kier molecular flexibility index (Phi) is 1.72. The minimum Gasteiger partial charge on any atom is -0.182 e. The van der Waals surface area contributed by atoms with E-state index < -0.39 is 12.0 Å². The van der Waals surface area contributed by atoms with Crippen molar-refractivity contribution in [3.05, 3.63) is 0 Å². The molecule has 0 aromatic heterocycles. The van der Waals surface area contributed by atoms with Crippen molar-refractivity contribution in [2.45, 2.75) is 12.0 Å². The standard InChI is InChI=1S/C4HF4O/c1-2-3(5,6)4(7,8)9/h1H. The van der Waals surface area contributed by atoms with Crippen LogP contribution in [0.4, 0.5) is 17.6 Å². The fourth-order valence-electron chi connectivity index (χ4n) is 0.0840. The van der Waals surface area contributed by atoms with Crippen molar-refractivity contribution in [1.82, 2.24) is 0 Å². The van der Waals surface area contributed by atoms with Crippen LogP contribution in [0.2, 0.25) is 0 Å². The van der Waals surface area contributed by atoms with Crippen molar-refractivity contribution in [3.63, 3.8) is 0 Å². The van der Waals surface area contributed by atoms with Gasteiger partial charge in [0.25, 0.3) is 0 Å². The largest absolute Gasteiger partial charge is 0.457 e. The summed E-state index contributed by atoms with van der Waals surface area (Å²) in [5.74, 6) is -4.50. The van der Waals surface area contributed by atoms with Gasteiger partial charge >= 0.3 is 12.0 Å². The molecule has 51 valence electrons. The highest BCUT2D eigenvalue weighted by atomic mass is 19.3. The van der Waals surface area contributed by atoms with Crippen molar-refractivity contribution in [2.24, 2.45) is 0 Å². The molecule has 1 nitrogen and oxygen atoms in total. The lowest BCUT2D eigenvalue weighted by atomic mass is 10.3. The van der Waals surface area contributed by atoms with Gasteiger partial charge in [0.15, 0.2) is 0 Å². The van der Waals surface area contributed by atoms with E-state index in [9.17, 15) is 17.6 Å². The van der Waals surface area contributed by atoms with Crippen LogP contribution in [0, 0.1) is 12.3 Å². The van der Waals surface area contributed by atoms with Gasteiger partial charge in [-0.2, -0.15) is 17.6 Å². The summed E-state index contributed by atoms with van der Waals surface area (Å²) in [5, 5.41) is 9.13. The Balaban J connectivity index is 4.39. The maximum atomic E-state index is 11.4. The molecule has 0 amide bonds. The Labute approximate surface area is 48.3 Å². The molecule has 0 aliphatic carbocycles. The summed E-state index contributed by atoms with van der Waals surface area (Å²) >= 11 is 0. The second kappa shape index (κ2) is 1.88. The van der Waals surface area contributed by atoms with Crippen LogP contribution < -0.4 is 0 Å². The lowest BCUT2D eigenvalue weighted by Gasteiger charge is -2.11. The van der Waals surface area contributed by atoms with Crippen molar-refractivity contribution < 1.29 is 22.7 Å². The summed E-state index contributed by atoms with van der Waals surface area (Å²) in [6.07, 6.45) is -1.46. The number of halogens is 4. The number of hydrogen-bond acceptors (Lipinski definition) is 0. The monoisotopic (exact) mass is 141 g/mol. The molecule has 0 aliphatic heterocycles. The number of terminal acetylenes is 1. The molecular weight excluding hydrogens is 140 g/mol. The summed E-state index contributed by atoms with van der Waals surface area (Å²) in [6.45, 7) is 0. The van der Waals surface area contributed by atoms with E-state index in [-0.39, 0.29) is 0 Å². The Hall–Kier alpha value is -0.760. The second-order valence-electron chi connectivity index (χ2n) is 1.24. The van der Waals surface area contributed by atoms with Gasteiger partial charge in [-0.25, -0.2) is 0 Å². The Morgan fingerprint density at radius 1 is 1.22 bits per heavy atom. The third-order valence-electron chi connectivity index (χ3n) is 0.547. The van der Waals surface area contributed by atoms with Crippen molar-refractivity contribution in [2.75, 3.05) is 0 Å². The van der Waals surface area contributed by atoms with Gasteiger partial charge in [-0.15, -0.1) is 11.5 Å². The van der Waals surface area contributed by atoms with Crippen LogP contribution in [-0.2, 0) is 5.11 Å². The zero-order chi connectivity index (χ0) is 7.71. The molecule has 1 radical (unpaired) electrons. The number of hydrogen-bond donors (Lipinski definition) is 0. The van der Waals surface area contributed by atoms with E-state index in [0.717, 1.165) is 0 Å². The molecule has 0 bridgehead atoms. The topological polar surface area (TPSA) is 19.9 Å². The fourth-order valence-corrected chi connectivity index (χ4v) is 0.0840. The van der Waals surface area contributed by atoms with E-state index in [1.165, 1.54) is 0 Å². The van der Waals surface area contributed by atoms with E-state index >= 15 is 0 Å². The maximum Gasteiger partial charge on any atom is 0.457 e. The molecule has 9 heavy (non-hydrogen) atoms. The van der Waals surface area contributed by atoms with Gasteiger partial charge in [-0.3, -0.25) is 0 Å². The molecule has 0 unspecified atom stereocenters. The lowest BCUT2D eigenvalue weighted by Crippen LogP contribution is -2.37. The van der Waals surface area contributed by atoms with Crippen LogP contribution >= 0.6 is 0 Å². The SMILES string of the molecule is C#CC(F)(F)C([O])(F)F. The molecular formula is C4HF4O. The van der Waals surface area contributed by atoms with Crippen LogP contribution in [0.25, 0.3) is 0 Å². The first-order chi connectivity index (χ1) is 3.81. The summed E-state index contributed by atoms with van der Waals surface area (Å²) < 4.78 is 44.8. The molecule has 0 N–H and O–H groups in total. The predicted molar refractivity (Wildman–Crippen MR) is 19.4 cm³/mol. The highest BCUT2D eigenvalue weighted by Gasteiger charge is 2.55. The zero-order valence-corrected chi connectivity index (χ0v) is 4.00. The van der Waals surface area contributed by atoms with Crippen LogP contribution in [0.3, 0.4) is 0 Å². The van der Waals surface area contributed by atoms with Crippen molar-refractivity contribution in [3.8, 4) is 12.3 Å². The quantitative estimate of drug-likeness (QED) is 0.387. The average Bonchev–Trinajstić information content (AvgIpc) is 1.64. The zero-order valence-electron chi connectivity index (χ0n) is 4.00. The van der Waals surface area contributed by atoms with Crippen LogP contribution in [0.1, 0.15) is 0 Å². The van der Waals surface area contributed by atoms with Gasteiger partial charge in [0.05, 0.1) is 0 Å². The third-order valence-corrected chi connectivity index (χ3v) is 0.547. The Morgan fingerprint density at radius 2 is 1.56 bits per heavy atom. The molecule has 5 heteroatoms. The van der Waals surface area contributed by atoms with E-state index in [0.29, 0.717) is 5.92 Å². The molecule has 0 aromatic carbocycles. The Morgan fingerprint density at radius 3 is 1.56 bits per heavy atom. The van der Waals surface area contributed by atoms with Gasteiger partial charge in [0.1, 0.15) is 0 Å². The number of rotatable bonds is 1. The van der Waals surface area contributed by atoms with Crippen molar-refractivity contribution in [1.29, 1.82) is 0 Å². The predicted octanol–water partition coefficient (Wildman–Crippen LogP) is 1.28. The summed E-state index contributed by atoms with van der Waals surface area (Å²) in [4.78, 5) is 0. The van der Waals surface area contributed by atoms with Crippen LogP contribution in [0.5, 0.6) is 0 Å². The fraction of sp³-hybridized carbons (Fsp3) is 0.500. The van der Waals surface area contributed by atoms with E-state index in [1.807, 2.05) is 0 Å². The highest BCUT2D eigenvalue weighted by Crippen LogP contribution is 2.30. The summed E-state index contributed by atoms with van der Waals surface area (Å²) in [6, 6.07) is 0. The molecule has 0 spiro atoms. The van der Waals surface area contributed by atoms with Crippen LogP contribution in [0.15, 0.2) is 0 Å². The Bertz CT molecular complexity index is 140. The molecule has 0 rings (SSSR count). The minimum atomic E-state index is -5.37. The van der Waals surface area contributed by atoms with Gasteiger partial charge < -0.3 is 0 Å².